The van der Waals surface area contributed by atoms with E-state index in [2.05, 4.69) is 46.2 Å². The highest BCUT2D eigenvalue weighted by atomic mass is 16.5. The molecule has 0 spiro atoms. The van der Waals surface area contributed by atoms with Crippen LogP contribution in [-0.2, 0) is 13.0 Å². The van der Waals surface area contributed by atoms with Gasteiger partial charge in [0.15, 0.2) is 5.96 Å². The Kier molecular flexibility index (Phi) is 8.33. The Balaban J connectivity index is 2.11. The molecule has 1 aromatic carbocycles. The average Bonchev–Trinajstić information content (AvgIpc) is 3.18. The van der Waals surface area contributed by atoms with Gasteiger partial charge < -0.3 is 24.7 Å². The lowest BCUT2D eigenvalue weighted by atomic mass is 10.1. The Labute approximate surface area is 166 Å². The van der Waals surface area contributed by atoms with E-state index in [4.69, 9.17) is 9.47 Å². The van der Waals surface area contributed by atoms with Crippen LogP contribution in [0.1, 0.15) is 31.3 Å². The Morgan fingerprint density at radius 1 is 1.36 bits per heavy atom. The molecule has 0 bridgehead atoms. The molecule has 152 valence electrons. The third-order valence-electron chi connectivity index (χ3n) is 4.29. The molecule has 0 saturated carbocycles. The average molecular weight is 387 g/mol. The summed E-state index contributed by atoms with van der Waals surface area (Å²) >= 11 is 0. The molecular weight excluding hydrogens is 356 g/mol. The smallest absolute Gasteiger partial charge is 0.192 e. The van der Waals surface area contributed by atoms with Crippen molar-refractivity contribution >= 4 is 5.96 Å². The summed E-state index contributed by atoms with van der Waals surface area (Å²) in [5.41, 5.74) is 0.988. The van der Waals surface area contributed by atoms with Crippen LogP contribution in [0.25, 0.3) is 0 Å². The molecule has 2 aromatic rings. The number of guanidine groups is 1. The van der Waals surface area contributed by atoms with Crippen molar-refractivity contribution in [2.24, 2.45) is 4.99 Å². The number of hydrogen-bond acceptors (Lipinski definition) is 5. The lowest BCUT2D eigenvalue weighted by molar-refractivity contribution is 0.394. The maximum atomic E-state index is 5.50. The summed E-state index contributed by atoms with van der Waals surface area (Å²) in [5.74, 6) is 3.23. The summed E-state index contributed by atoms with van der Waals surface area (Å²) in [5, 5.41) is 14.7. The third-order valence-corrected chi connectivity index (χ3v) is 4.29. The zero-order valence-electron chi connectivity index (χ0n) is 17.1. The van der Waals surface area contributed by atoms with Crippen molar-refractivity contribution in [1.82, 2.24) is 25.4 Å². The topological polar surface area (TPSA) is 85.6 Å². The summed E-state index contributed by atoms with van der Waals surface area (Å²) in [6, 6.07) is 5.71. The minimum atomic E-state index is -0.0396. The predicted octanol–water partition coefficient (Wildman–Crippen LogP) is 2.34. The second kappa shape index (κ2) is 11.0. The SMILES string of the molecule is C=CCNC(=NCCn1cnnc1CC)NC(C)c1cc(OC)ccc1OC. The number of hydrogen-bond donors (Lipinski definition) is 2. The van der Waals surface area contributed by atoms with Crippen LogP contribution in [0.15, 0.2) is 42.2 Å². The number of ether oxygens (including phenoxy) is 2. The van der Waals surface area contributed by atoms with Gasteiger partial charge in [-0.25, -0.2) is 0 Å². The van der Waals surface area contributed by atoms with E-state index in [-0.39, 0.29) is 6.04 Å². The molecule has 8 heteroatoms. The number of aromatic nitrogens is 3. The van der Waals surface area contributed by atoms with Gasteiger partial charge >= 0.3 is 0 Å². The maximum Gasteiger partial charge on any atom is 0.192 e. The van der Waals surface area contributed by atoms with Crippen molar-refractivity contribution in [3.05, 3.63) is 48.6 Å². The molecule has 0 aliphatic heterocycles. The van der Waals surface area contributed by atoms with Crippen molar-refractivity contribution in [3.63, 3.8) is 0 Å². The highest BCUT2D eigenvalue weighted by Crippen LogP contribution is 2.29. The number of aryl methyl sites for hydroxylation is 1. The molecule has 2 rings (SSSR count). The normalized spacial score (nSPS) is 12.4. The summed E-state index contributed by atoms with van der Waals surface area (Å²) in [7, 11) is 3.31. The molecule has 1 aromatic heterocycles. The van der Waals surface area contributed by atoms with Gasteiger partial charge in [-0.15, -0.1) is 16.8 Å². The molecule has 1 atom stereocenters. The first-order chi connectivity index (χ1) is 13.6. The highest BCUT2D eigenvalue weighted by Gasteiger charge is 2.14. The summed E-state index contributed by atoms with van der Waals surface area (Å²) < 4.78 is 12.9. The van der Waals surface area contributed by atoms with Gasteiger partial charge in [-0.1, -0.05) is 13.0 Å². The van der Waals surface area contributed by atoms with Gasteiger partial charge in [0.2, 0.25) is 0 Å². The zero-order valence-corrected chi connectivity index (χ0v) is 17.1. The van der Waals surface area contributed by atoms with Crippen LogP contribution in [0, 0.1) is 0 Å². The van der Waals surface area contributed by atoms with Gasteiger partial charge in [-0.3, -0.25) is 4.99 Å². The molecular formula is C20H30N6O2. The van der Waals surface area contributed by atoms with E-state index >= 15 is 0 Å². The van der Waals surface area contributed by atoms with Gasteiger partial charge in [-0.05, 0) is 25.1 Å². The summed E-state index contributed by atoms with van der Waals surface area (Å²) in [6.45, 7) is 9.80. The molecule has 0 amide bonds. The second-order valence-electron chi connectivity index (χ2n) is 6.17. The molecule has 1 unspecified atom stereocenters. The highest BCUT2D eigenvalue weighted by molar-refractivity contribution is 5.80. The van der Waals surface area contributed by atoms with Crippen LogP contribution in [-0.4, -0.2) is 48.0 Å². The number of rotatable bonds is 10. The van der Waals surface area contributed by atoms with Crippen LogP contribution in [0.4, 0.5) is 0 Å². The molecule has 28 heavy (non-hydrogen) atoms. The van der Waals surface area contributed by atoms with Gasteiger partial charge in [0, 0.05) is 25.1 Å². The van der Waals surface area contributed by atoms with E-state index in [1.54, 1.807) is 26.6 Å². The van der Waals surface area contributed by atoms with Crippen LogP contribution < -0.4 is 20.1 Å². The Bertz CT molecular complexity index is 787. The minimum Gasteiger partial charge on any atom is -0.497 e. The molecule has 0 aliphatic carbocycles. The Morgan fingerprint density at radius 3 is 2.86 bits per heavy atom. The Hall–Kier alpha value is -3.03. The van der Waals surface area contributed by atoms with Crippen molar-refractivity contribution in [2.45, 2.75) is 32.9 Å². The third kappa shape index (κ3) is 5.73. The minimum absolute atomic E-state index is 0.0396. The lowest BCUT2D eigenvalue weighted by Crippen LogP contribution is -2.39. The van der Waals surface area contributed by atoms with Gasteiger partial charge in [0.1, 0.15) is 23.7 Å². The van der Waals surface area contributed by atoms with E-state index in [0.29, 0.717) is 25.6 Å². The molecule has 8 nitrogen and oxygen atoms in total. The van der Waals surface area contributed by atoms with Crippen LogP contribution in [0.2, 0.25) is 0 Å². The van der Waals surface area contributed by atoms with Gasteiger partial charge in [-0.2, -0.15) is 0 Å². The van der Waals surface area contributed by atoms with Crippen molar-refractivity contribution in [1.29, 1.82) is 0 Å². The van der Waals surface area contributed by atoms with E-state index in [0.717, 1.165) is 29.3 Å². The molecule has 0 radical (unpaired) electrons. The first-order valence-electron chi connectivity index (χ1n) is 9.37. The first kappa shape index (κ1) is 21.3. The lowest BCUT2D eigenvalue weighted by Gasteiger charge is -2.21. The summed E-state index contributed by atoms with van der Waals surface area (Å²) in [6.07, 6.45) is 4.38. The largest absolute Gasteiger partial charge is 0.497 e. The predicted molar refractivity (Wildman–Crippen MR) is 111 cm³/mol. The van der Waals surface area contributed by atoms with E-state index in [1.165, 1.54) is 0 Å². The van der Waals surface area contributed by atoms with Crippen molar-refractivity contribution in [2.75, 3.05) is 27.3 Å². The van der Waals surface area contributed by atoms with E-state index in [9.17, 15) is 0 Å². The second-order valence-corrected chi connectivity index (χ2v) is 6.17. The standard InChI is InChI=1S/C20H30N6O2/c1-6-10-21-20(22-11-12-26-14-23-25-19(26)7-2)24-15(3)17-13-16(27-4)8-9-18(17)28-5/h6,8-9,13-15H,1,7,10-12H2,2-5H3,(H2,21,22,24). The number of nitrogens with one attached hydrogen (secondary N) is 2. The van der Waals surface area contributed by atoms with Crippen LogP contribution >= 0.6 is 0 Å². The number of methoxy groups -OCH3 is 2. The maximum absolute atomic E-state index is 5.50. The molecule has 1 heterocycles. The molecule has 0 fully saturated rings. The number of aliphatic imine (C=N–C) groups is 1. The van der Waals surface area contributed by atoms with Crippen molar-refractivity contribution < 1.29 is 9.47 Å². The fraction of sp³-hybridized carbons (Fsp3) is 0.450. The van der Waals surface area contributed by atoms with Crippen molar-refractivity contribution in [3.8, 4) is 11.5 Å². The number of nitrogens with zero attached hydrogens (tertiary/aromatic N) is 4. The van der Waals surface area contributed by atoms with Crippen LogP contribution in [0.3, 0.4) is 0 Å². The van der Waals surface area contributed by atoms with Gasteiger partial charge in [0.05, 0.1) is 26.8 Å². The van der Waals surface area contributed by atoms with E-state index in [1.807, 2.05) is 22.8 Å². The fourth-order valence-electron chi connectivity index (χ4n) is 2.79. The molecule has 2 N–H and O–H groups in total. The Morgan fingerprint density at radius 2 is 2.18 bits per heavy atom. The summed E-state index contributed by atoms with van der Waals surface area (Å²) in [4.78, 5) is 4.67. The molecule has 0 aliphatic rings. The zero-order chi connectivity index (χ0) is 20.4. The first-order valence-corrected chi connectivity index (χ1v) is 9.37. The molecule has 0 saturated heterocycles. The monoisotopic (exact) mass is 386 g/mol. The number of benzene rings is 1. The van der Waals surface area contributed by atoms with E-state index < -0.39 is 0 Å². The van der Waals surface area contributed by atoms with Crippen LogP contribution in [0.5, 0.6) is 11.5 Å². The quantitative estimate of drug-likeness (QED) is 0.370. The fourth-order valence-corrected chi connectivity index (χ4v) is 2.79. The van der Waals surface area contributed by atoms with Gasteiger partial charge in [0.25, 0.3) is 0 Å².